The molecule has 1 unspecified atom stereocenters. The van der Waals surface area contributed by atoms with Crippen LogP contribution in [0, 0.1) is 0 Å². The van der Waals surface area contributed by atoms with Crippen molar-refractivity contribution in [3.8, 4) is 0 Å². The van der Waals surface area contributed by atoms with Crippen molar-refractivity contribution in [1.29, 1.82) is 0 Å². The fourth-order valence-electron chi connectivity index (χ4n) is 1.20. The van der Waals surface area contributed by atoms with Crippen molar-refractivity contribution in [2.45, 2.75) is 24.9 Å². The van der Waals surface area contributed by atoms with Gasteiger partial charge in [0.25, 0.3) is 0 Å². The Hall–Kier alpha value is -0.680. The summed E-state index contributed by atoms with van der Waals surface area (Å²) in [6, 6.07) is 5.47. The smallest absolute Gasteiger partial charge is 0.327 e. The maximum Gasteiger partial charge on any atom is 0.416 e. The first-order valence-electron chi connectivity index (χ1n) is 4.89. The molecule has 1 atom stereocenters. The van der Waals surface area contributed by atoms with Gasteiger partial charge >= 0.3 is 6.18 Å². The second-order valence-corrected chi connectivity index (χ2v) is 4.72. The topological polar surface area (TPSA) is 26.0 Å². The summed E-state index contributed by atoms with van der Waals surface area (Å²) in [7, 11) is 0. The molecule has 1 aromatic rings. The highest BCUT2D eigenvalue weighted by Crippen LogP contribution is 2.30. The van der Waals surface area contributed by atoms with Gasteiger partial charge in [0.15, 0.2) is 0 Å². The van der Waals surface area contributed by atoms with Crippen LogP contribution in [0.15, 0.2) is 24.3 Å². The van der Waals surface area contributed by atoms with E-state index in [1.807, 2.05) is 6.92 Å². The summed E-state index contributed by atoms with van der Waals surface area (Å²) < 4.78 is 37.2. The van der Waals surface area contributed by atoms with Gasteiger partial charge < -0.3 is 5.73 Å². The van der Waals surface area contributed by atoms with Crippen LogP contribution in [0.4, 0.5) is 13.2 Å². The van der Waals surface area contributed by atoms with Crippen molar-refractivity contribution < 1.29 is 13.2 Å². The lowest BCUT2D eigenvalue weighted by Gasteiger charge is -2.09. The van der Waals surface area contributed by atoms with Crippen LogP contribution in [-0.2, 0) is 11.9 Å². The molecule has 2 N–H and O–H groups in total. The summed E-state index contributed by atoms with van der Waals surface area (Å²) in [6.07, 6.45) is -4.26. The van der Waals surface area contributed by atoms with Gasteiger partial charge in [0.2, 0.25) is 0 Å². The van der Waals surface area contributed by atoms with E-state index in [0.29, 0.717) is 11.3 Å². The van der Waals surface area contributed by atoms with Gasteiger partial charge in [-0.25, -0.2) is 0 Å². The maximum atomic E-state index is 12.4. The van der Waals surface area contributed by atoms with Crippen LogP contribution < -0.4 is 5.73 Å². The Kier molecular flexibility index (Phi) is 4.68. The van der Waals surface area contributed by atoms with E-state index in [-0.39, 0.29) is 6.04 Å². The molecule has 0 amide bonds. The first-order valence-corrected chi connectivity index (χ1v) is 6.04. The van der Waals surface area contributed by atoms with E-state index in [1.165, 1.54) is 12.1 Å². The molecule has 0 aliphatic rings. The fraction of sp³-hybridized carbons (Fsp3) is 0.455. The first-order chi connectivity index (χ1) is 7.39. The van der Waals surface area contributed by atoms with Gasteiger partial charge in [-0.05, 0) is 18.6 Å². The molecule has 0 aliphatic carbocycles. The Morgan fingerprint density at radius 2 is 2.06 bits per heavy atom. The molecule has 0 saturated carbocycles. The predicted molar refractivity (Wildman–Crippen MR) is 61.3 cm³/mol. The third-order valence-electron chi connectivity index (χ3n) is 1.90. The van der Waals surface area contributed by atoms with Gasteiger partial charge in [0.1, 0.15) is 0 Å². The Morgan fingerprint density at radius 3 is 2.62 bits per heavy atom. The van der Waals surface area contributed by atoms with E-state index >= 15 is 0 Å². The van der Waals surface area contributed by atoms with Crippen LogP contribution in [0.25, 0.3) is 0 Å². The lowest BCUT2D eigenvalue weighted by molar-refractivity contribution is -0.137. The van der Waals surface area contributed by atoms with Gasteiger partial charge in [-0.1, -0.05) is 18.2 Å². The average Bonchev–Trinajstić information content (AvgIpc) is 2.16. The van der Waals surface area contributed by atoms with Crippen molar-refractivity contribution in [2.75, 3.05) is 5.75 Å². The Labute approximate surface area is 97.2 Å². The van der Waals surface area contributed by atoms with E-state index in [1.54, 1.807) is 17.8 Å². The SMILES string of the molecule is CC(N)CSCc1cccc(C(F)(F)F)c1. The normalized spacial score (nSPS) is 13.8. The number of hydrogen-bond acceptors (Lipinski definition) is 2. The van der Waals surface area contributed by atoms with Crippen molar-refractivity contribution in [3.05, 3.63) is 35.4 Å². The second-order valence-electron chi connectivity index (χ2n) is 3.69. The molecule has 0 aromatic heterocycles. The molecular weight excluding hydrogens is 235 g/mol. The van der Waals surface area contributed by atoms with Gasteiger partial charge in [-0.15, -0.1) is 0 Å². The molecule has 0 heterocycles. The average molecular weight is 249 g/mol. The number of benzene rings is 1. The number of alkyl halides is 3. The van der Waals surface area contributed by atoms with Gasteiger partial charge in [0, 0.05) is 17.5 Å². The van der Waals surface area contributed by atoms with Crippen molar-refractivity contribution >= 4 is 11.8 Å². The number of hydrogen-bond donors (Lipinski definition) is 1. The number of rotatable bonds is 4. The largest absolute Gasteiger partial charge is 0.416 e. The minimum Gasteiger partial charge on any atom is -0.327 e. The molecule has 0 radical (unpaired) electrons. The van der Waals surface area contributed by atoms with Gasteiger partial charge in [0.05, 0.1) is 5.56 Å². The Morgan fingerprint density at radius 1 is 1.38 bits per heavy atom. The molecule has 16 heavy (non-hydrogen) atoms. The molecule has 0 aliphatic heterocycles. The monoisotopic (exact) mass is 249 g/mol. The predicted octanol–water partition coefficient (Wildman–Crippen LogP) is 3.29. The zero-order valence-corrected chi connectivity index (χ0v) is 9.74. The summed E-state index contributed by atoms with van der Waals surface area (Å²) in [5, 5.41) is 0. The highest BCUT2D eigenvalue weighted by molar-refractivity contribution is 7.98. The summed E-state index contributed by atoms with van der Waals surface area (Å²) in [5.74, 6) is 1.31. The molecule has 5 heteroatoms. The zero-order valence-electron chi connectivity index (χ0n) is 8.92. The highest BCUT2D eigenvalue weighted by atomic mass is 32.2. The number of thioether (sulfide) groups is 1. The summed E-state index contributed by atoms with van der Waals surface area (Å²) in [4.78, 5) is 0. The number of halogens is 3. The lowest BCUT2D eigenvalue weighted by Crippen LogP contribution is -2.17. The lowest BCUT2D eigenvalue weighted by atomic mass is 10.1. The van der Waals surface area contributed by atoms with Gasteiger partial charge in [-0.3, -0.25) is 0 Å². The summed E-state index contributed by atoms with van der Waals surface area (Å²) in [6.45, 7) is 1.87. The van der Waals surface area contributed by atoms with E-state index < -0.39 is 11.7 Å². The minimum atomic E-state index is -4.26. The molecule has 0 bridgehead atoms. The second kappa shape index (κ2) is 5.59. The molecule has 90 valence electrons. The van der Waals surface area contributed by atoms with Gasteiger partial charge in [-0.2, -0.15) is 24.9 Å². The van der Waals surface area contributed by atoms with Crippen molar-refractivity contribution in [2.24, 2.45) is 5.73 Å². The summed E-state index contributed by atoms with van der Waals surface area (Å²) in [5.41, 5.74) is 5.64. The van der Waals surface area contributed by atoms with Crippen LogP contribution >= 0.6 is 11.8 Å². The minimum absolute atomic E-state index is 0.0656. The molecule has 1 rings (SSSR count). The molecular formula is C11H14F3NS. The van der Waals surface area contributed by atoms with Crippen LogP contribution in [0.2, 0.25) is 0 Å². The fourth-order valence-corrected chi connectivity index (χ4v) is 2.11. The van der Waals surface area contributed by atoms with Crippen molar-refractivity contribution in [3.63, 3.8) is 0 Å². The zero-order chi connectivity index (χ0) is 12.2. The van der Waals surface area contributed by atoms with Crippen LogP contribution in [-0.4, -0.2) is 11.8 Å². The van der Waals surface area contributed by atoms with E-state index in [4.69, 9.17) is 5.73 Å². The molecule has 0 fully saturated rings. The molecule has 0 spiro atoms. The van der Waals surface area contributed by atoms with Crippen LogP contribution in [0.5, 0.6) is 0 Å². The summed E-state index contributed by atoms with van der Waals surface area (Å²) >= 11 is 1.54. The molecule has 0 saturated heterocycles. The van der Waals surface area contributed by atoms with Crippen molar-refractivity contribution in [1.82, 2.24) is 0 Å². The molecule has 1 aromatic carbocycles. The standard InChI is InChI=1S/C11H14F3NS/c1-8(15)6-16-7-9-3-2-4-10(5-9)11(12,13)14/h2-5,8H,6-7,15H2,1H3. The molecule has 1 nitrogen and oxygen atoms in total. The van der Waals surface area contributed by atoms with E-state index in [9.17, 15) is 13.2 Å². The third kappa shape index (κ3) is 4.45. The third-order valence-corrected chi connectivity index (χ3v) is 3.20. The van der Waals surface area contributed by atoms with Crippen LogP contribution in [0.1, 0.15) is 18.1 Å². The van der Waals surface area contributed by atoms with E-state index in [2.05, 4.69) is 0 Å². The van der Waals surface area contributed by atoms with E-state index in [0.717, 1.165) is 11.8 Å². The Balaban J connectivity index is 2.61. The quantitative estimate of drug-likeness (QED) is 0.886. The number of nitrogens with two attached hydrogens (primary N) is 1. The Bertz CT molecular complexity index is 336. The maximum absolute atomic E-state index is 12.4. The first kappa shape index (κ1) is 13.4. The highest BCUT2D eigenvalue weighted by Gasteiger charge is 2.30. The van der Waals surface area contributed by atoms with Crippen LogP contribution in [0.3, 0.4) is 0 Å².